The van der Waals surface area contributed by atoms with Gasteiger partial charge in [-0.3, -0.25) is 4.99 Å². The van der Waals surface area contributed by atoms with Crippen molar-refractivity contribution >= 4 is 28.5 Å². The SMILES string of the molecule is CCOCCOc1cc(N)nc2cc(C3=CC=NC3)ccc12. The van der Waals surface area contributed by atoms with Crippen LogP contribution in [0.4, 0.5) is 5.82 Å². The van der Waals surface area contributed by atoms with Gasteiger partial charge in [-0.15, -0.1) is 0 Å². The fourth-order valence-corrected chi connectivity index (χ4v) is 2.42. The second kappa shape index (κ2) is 6.58. The van der Waals surface area contributed by atoms with E-state index in [0.29, 0.717) is 32.2 Å². The summed E-state index contributed by atoms with van der Waals surface area (Å²) in [6.45, 7) is 4.41. The van der Waals surface area contributed by atoms with Crippen LogP contribution in [0.2, 0.25) is 0 Å². The molecule has 1 aliphatic rings. The van der Waals surface area contributed by atoms with E-state index in [1.54, 1.807) is 6.07 Å². The second-order valence-electron chi connectivity index (χ2n) is 5.00. The van der Waals surface area contributed by atoms with E-state index in [2.05, 4.69) is 16.0 Å². The van der Waals surface area contributed by atoms with E-state index >= 15 is 0 Å². The Balaban J connectivity index is 1.89. The highest BCUT2D eigenvalue weighted by Gasteiger charge is 2.10. The topological polar surface area (TPSA) is 69.7 Å². The fraction of sp³-hybridized carbons (Fsp3) is 0.294. The third-order valence-electron chi connectivity index (χ3n) is 3.49. The second-order valence-corrected chi connectivity index (χ2v) is 5.00. The van der Waals surface area contributed by atoms with E-state index < -0.39 is 0 Å². The van der Waals surface area contributed by atoms with Crippen LogP contribution in [0.25, 0.3) is 16.5 Å². The molecule has 2 N–H and O–H groups in total. The van der Waals surface area contributed by atoms with Gasteiger partial charge in [0.2, 0.25) is 0 Å². The average Bonchev–Trinajstić information content (AvgIpc) is 3.05. The van der Waals surface area contributed by atoms with E-state index in [1.807, 2.05) is 31.3 Å². The molecule has 3 rings (SSSR count). The predicted molar refractivity (Wildman–Crippen MR) is 89.5 cm³/mol. The van der Waals surface area contributed by atoms with Gasteiger partial charge in [0.1, 0.15) is 18.2 Å². The Morgan fingerprint density at radius 3 is 2.91 bits per heavy atom. The molecule has 0 amide bonds. The van der Waals surface area contributed by atoms with Crippen molar-refractivity contribution in [3.05, 3.63) is 35.9 Å². The number of fused-ring (bicyclic) bond motifs is 1. The summed E-state index contributed by atoms with van der Waals surface area (Å²) in [6, 6.07) is 7.87. The van der Waals surface area contributed by atoms with Gasteiger partial charge in [0.05, 0.1) is 18.7 Å². The quantitative estimate of drug-likeness (QED) is 0.832. The van der Waals surface area contributed by atoms with E-state index in [-0.39, 0.29) is 0 Å². The first-order valence-electron chi connectivity index (χ1n) is 7.38. The van der Waals surface area contributed by atoms with Crippen LogP contribution < -0.4 is 10.5 Å². The summed E-state index contributed by atoms with van der Waals surface area (Å²) in [4.78, 5) is 8.62. The highest BCUT2D eigenvalue weighted by atomic mass is 16.5. The highest BCUT2D eigenvalue weighted by molar-refractivity contribution is 5.94. The zero-order chi connectivity index (χ0) is 15.4. The van der Waals surface area contributed by atoms with Crippen LogP contribution in [0.5, 0.6) is 5.75 Å². The summed E-state index contributed by atoms with van der Waals surface area (Å²) < 4.78 is 11.1. The monoisotopic (exact) mass is 297 g/mol. The Hall–Kier alpha value is -2.40. The summed E-state index contributed by atoms with van der Waals surface area (Å²) in [5.74, 6) is 1.19. The maximum absolute atomic E-state index is 5.90. The Labute approximate surface area is 129 Å². The summed E-state index contributed by atoms with van der Waals surface area (Å²) in [7, 11) is 0. The number of nitrogens with zero attached hydrogens (tertiary/aromatic N) is 2. The van der Waals surface area contributed by atoms with Crippen LogP contribution in [0, 0.1) is 0 Å². The molecule has 0 atom stereocenters. The molecule has 0 aliphatic carbocycles. The number of nitrogen functional groups attached to an aromatic ring is 1. The van der Waals surface area contributed by atoms with Gasteiger partial charge in [0.25, 0.3) is 0 Å². The lowest BCUT2D eigenvalue weighted by atomic mass is 10.0. The number of rotatable bonds is 6. The van der Waals surface area contributed by atoms with Crippen molar-refractivity contribution in [2.24, 2.45) is 4.99 Å². The number of ether oxygens (including phenoxy) is 2. The number of benzene rings is 1. The number of hydrogen-bond acceptors (Lipinski definition) is 5. The zero-order valence-corrected chi connectivity index (χ0v) is 12.6. The lowest BCUT2D eigenvalue weighted by molar-refractivity contribution is 0.111. The van der Waals surface area contributed by atoms with Crippen LogP contribution >= 0.6 is 0 Å². The molecule has 2 aromatic rings. The van der Waals surface area contributed by atoms with Gasteiger partial charge in [-0.05, 0) is 36.3 Å². The highest BCUT2D eigenvalue weighted by Crippen LogP contribution is 2.29. The van der Waals surface area contributed by atoms with Crippen LogP contribution in [-0.4, -0.2) is 37.6 Å². The van der Waals surface area contributed by atoms with E-state index in [9.17, 15) is 0 Å². The number of pyridine rings is 1. The molecule has 0 unspecified atom stereocenters. The number of hydrogen-bond donors (Lipinski definition) is 1. The van der Waals surface area contributed by atoms with Crippen LogP contribution in [0.1, 0.15) is 12.5 Å². The van der Waals surface area contributed by atoms with Gasteiger partial charge in [0.15, 0.2) is 0 Å². The number of aliphatic imine (C=N–C) groups is 1. The number of anilines is 1. The minimum absolute atomic E-state index is 0.452. The Kier molecular flexibility index (Phi) is 4.34. The largest absolute Gasteiger partial charge is 0.490 e. The molecule has 0 spiro atoms. The van der Waals surface area contributed by atoms with Gasteiger partial charge in [-0.25, -0.2) is 4.98 Å². The Morgan fingerprint density at radius 2 is 2.14 bits per heavy atom. The van der Waals surface area contributed by atoms with Crippen molar-refractivity contribution < 1.29 is 9.47 Å². The standard InChI is InChI=1S/C17H19N3O2/c1-2-21-7-8-22-16-10-17(18)20-15-9-12(3-4-14(15)16)13-5-6-19-11-13/h3-6,9-10H,2,7-8,11H2,1H3,(H2,18,20). The third-order valence-corrected chi connectivity index (χ3v) is 3.49. The lowest BCUT2D eigenvalue weighted by Crippen LogP contribution is -2.07. The number of nitrogens with two attached hydrogens (primary N) is 1. The number of allylic oxidation sites excluding steroid dienone is 1. The molecule has 114 valence electrons. The van der Waals surface area contributed by atoms with Crippen molar-refractivity contribution in [3.8, 4) is 5.75 Å². The van der Waals surface area contributed by atoms with Crippen molar-refractivity contribution in [2.45, 2.75) is 6.92 Å². The van der Waals surface area contributed by atoms with Crippen molar-refractivity contribution in [1.82, 2.24) is 4.98 Å². The van der Waals surface area contributed by atoms with Crippen molar-refractivity contribution in [3.63, 3.8) is 0 Å². The van der Waals surface area contributed by atoms with Gasteiger partial charge >= 0.3 is 0 Å². The van der Waals surface area contributed by atoms with E-state index in [0.717, 1.165) is 22.2 Å². The molecule has 0 bridgehead atoms. The first-order chi connectivity index (χ1) is 10.8. The summed E-state index contributed by atoms with van der Waals surface area (Å²) in [5, 5.41) is 0.953. The van der Waals surface area contributed by atoms with E-state index in [4.69, 9.17) is 15.2 Å². The summed E-state index contributed by atoms with van der Waals surface area (Å²) >= 11 is 0. The fourth-order valence-electron chi connectivity index (χ4n) is 2.42. The molecule has 1 aromatic carbocycles. The lowest BCUT2D eigenvalue weighted by Gasteiger charge is -2.11. The molecule has 5 heteroatoms. The van der Waals surface area contributed by atoms with Crippen LogP contribution in [0.15, 0.2) is 35.3 Å². The van der Waals surface area contributed by atoms with Crippen LogP contribution in [-0.2, 0) is 4.74 Å². The molecule has 22 heavy (non-hydrogen) atoms. The molecule has 5 nitrogen and oxygen atoms in total. The maximum atomic E-state index is 5.90. The predicted octanol–water partition coefficient (Wildman–Crippen LogP) is 2.70. The molecule has 0 saturated carbocycles. The summed E-state index contributed by atoms with van der Waals surface area (Å²) in [6.07, 6.45) is 3.85. The zero-order valence-electron chi connectivity index (χ0n) is 12.6. The van der Waals surface area contributed by atoms with E-state index in [1.165, 1.54) is 5.57 Å². The molecule has 0 saturated heterocycles. The first kappa shape index (κ1) is 14.5. The molecule has 2 heterocycles. The molecule has 0 fully saturated rings. The molecule has 1 aliphatic heterocycles. The summed E-state index contributed by atoms with van der Waals surface area (Å²) in [5.41, 5.74) is 9.03. The Morgan fingerprint density at radius 1 is 1.23 bits per heavy atom. The molecule has 0 radical (unpaired) electrons. The van der Waals surface area contributed by atoms with Gasteiger partial charge in [-0.1, -0.05) is 6.07 Å². The third kappa shape index (κ3) is 3.09. The maximum Gasteiger partial charge on any atom is 0.132 e. The van der Waals surface area contributed by atoms with Crippen LogP contribution in [0.3, 0.4) is 0 Å². The van der Waals surface area contributed by atoms with Gasteiger partial charge < -0.3 is 15.2 Å². The van der Waals surface area contributed by atoms with Crippen molar-refractivity contribution in [2.75, 3.05) is 32.1 Å². The minimum atomic E-state index is 0.452. The van der Waals surface area contributed by atoms with Gasteiger partial charge in [0, 0.05) is 24.3 Å². The number of aromatic nitrogens is 1. The molecule has 1 aromatic heterocycles. The minimum Gasteiger partial charge on any atom is -0.490 e. The van der Waals surface area contributed by atoms with Crippen molar-refractivity contribution in [1.29, 1.82) is 0 Å². The molecular formula is C17H19N3O2. The normalized spacial score (nSPS) is 13.6. The average molecular weight is 297 g/mol. The van der Waals surface area contributed by atoms with Gasteiger partial charge in [-0.2, -0.15) is 0 Å². The first-order valence-corrected chi connectivity index (χ1v) is 7.38. The Bertz CT molecular complexity index is 738. The molecular weight excluding hydrogens is 278 g/mol. The smallest absolute Gasteiger partial charge is 0.132 e.